The zero-order valence-electron chi connectivity index (χ0n) is 9.36. The number of rotatable bonds is 2. The number of hydrogen-bond acceptors (Lipinski definition) is 5. The maximum absolute atomic E-state index is 5.66. The van der Waals surface area contributed by atoms with Crippen LogP contribution in [0.1, 0.15) is 10.6 Å². The molecular weight excluding hydrogens is 208 g/mol. The second-order valence-corrected chi connectivity index (χ2v) is 5.06. The number of aromatic nitrogens is 1. The summed E-state index contributed by atoms with van der Waals surface area (Å²) in [4.78, 5) is 10.5. The van der Waals surface area contributed by atoms with Crippen molar-refractivity contribution >= 4 is 16.5 Å². The summed E-state index contributed by atoms with van der Waals surface area (Å²) in [6.45, 7) is 7.05. The molecule has 0 radical (unpaired) electrons. The van der Waals surface area contributed by atoms with Crippen molar-refractivity contribution < 1.29 is 0 Å². The smallest absolute Gasteiger partial charge is 0.185 e. The Morgan fingerprint density at radius 2 is 2.00 bits per heavy atom. The molecule has 1 aromatic heterocycles. The van der Waals surface area contributed by atoms with Crippen LogP contribution in [-0.2, 0) is 6.54 Å². The summed E-state index contributed by atoms with van der Waals surface area (Å²) >= 11 is 1.74. The van der Waals surface area contributed by atoms with E-state index in [1.807, 2.05) is 6.92 Å². The van der Waals surface area contributed by atoms with Crippen LogP contribution < -0.4 is 10.6 Å². The molecule has 1 aliphatic rings. The zero-order valence-corrected chi connectivity index (χ0v) is 10.2. The normalized spacial score (nSPS) is 18.5. The Kier molecular flexibility index (Phi) is 3.23. The number of aryl methyl sites for hydroxylation is 1. The molecule has 15 heavy (non-hydrogen) atoms. The first kappa shape index (κ1) is 10.9. The Labute approximate surface area is 94.7 Å². The highest BCUT2D eigenvalue weighted by molar-refractivity contribution is 7.15. The lowest BCUT2D eigenvalue weighted by Crippen LogP contribution is -2.44. The Balaban J connectivity index is 2.09. The fourth-order valence-electron chi connectivity index (χ4n) is 1.74. The molecule has 0 aromatic carbocycles. The highest BCUT2D eigenvalue weighted by Crippen LogP contribution is 2.26. The average Bonchev–Trinajstić information content (AvgIpc) is 2.61. The first-order valence-electron chi connectivity index (χ1n) is 5.30. The van der Waals surface area contributed by atoms with Crippen molar-refractivity contribution in [2.75, 3.05) is 38.1 Å². The molecule has 0 amide bonds. The molecule has 1 saturated heterocycles. The summed E-state index contributed by atoms with van der Waals surface area (Å²) < 4.78 is 0. The Hall–Kier alpha value is -0.650. The van der Waals surface area contributed by atoms with Crippen LogP contribution in [0.3, 0.4) is 0 Å². The fourth-order valence-corrected chi connectivity index (χ4v) is 2.73. The zero-order chi connectivity index (χ0) is 10.8. The third-order valence-electron chi connectivity index (χ3n) is 2.84. The van der Waals surface area contributed by atoms with Crippen LogP contribution in [0.15, 0.2) is 0 Å². The van der Waals surface area contributed by atoms with E-state index in [4.69, 9.17) is 5.73 Å². The molecule has 84 valence electrons. The van der Waals surface area contributed by atoms with Crippen molar-refractivity contribution in [2.24, 2.45) is 5.73 Å². The van der Waals surface area contributed by atoms with Crippen LogP contribution >= 0.6 is 11.3 Å². The Morgan fingerprint density at radius 1 is 1.33 bits per heavy atom. The van der Waals surface area contributed by atoms with Gasteiger partial charge in [0.05, 0.1) is 5.69 Å². The minimum atomic E-state index is 0.608. The molecule has 1 aromatic rings. The molecule has 0 aliphatic carbocycles. The average molecular weight is 226 g/mol. The van der Waals surface area contributed by atoms with E-state index in [0.29, 0.717) is 6.54 Å². The SMILES string of the molecule is Cc1nc(N2CCN(C)CC2)sc1CN. The Morgan fingerprint density at radius 3 is 2.53 bits per heavy atom. The summed E-state index contributed by atoms with van der Waals surface area (Å²) in [5.74, 6) is 0. The first-order valence-corrected chi connectivity index (χ1v) is 6.12. The lowest BCUT2D eigenvalue weighted by molar-refractivity contribution is 0.312. The minimum absolute atomic E-state index is 0.608. The number of nitrogens with zero attached hydrogens (tertiary/aromatic N) is 3. The van der Waals surface area contributed by atoms with Crippen molar-refractivity contribution in [1.29, 1.82) is 0 Å². The van der Waals surface area contributed by atoms with Crippen molar-refractivity contribution in [3.63, 3.8) is 0 Å². The first-order chi connectivity index (χ1) is 7.20. The van der Waals surface area contributed by atoms with Gasteiger partial charge in [-0.15, -0.1) is 11.3 Å². The quantitative estimate of drug-likeness (QED) is 0.805. The molecule has 4 nitrogen and oxygen atoms in total. The molecule has 5 heteroatoms. The molecule has 2 heterocycles. The highest BCUT2D eigenvalue weighted by atomic mass is 32.1. The van der Waals surface area contributed by atoms with Gasteiger partial charge in [0.2, 0.25) is 0 Å². The summed E-state index contributed by atoms with van der Waals surface area (Å²) in [6.07, 6.45) is 0. The van der Waals surface area contributed by atoms with Gasteiger partial charge in [-0.3, -0.25) is 0 Å². The predicted molar refractivity (Wildman–Crippen MR) is 64.5 cm³/mol. The maximum atomic E-state index is 5.66. The van der Waals surface area contributed by atoms with E-state index in [1.165, 1.54) is 4.88 Å². The summed E-state index contributed by atoms with van der Waals surface area (Å²) in [5, 5.41) is 1.14. The van der Waals surface area contributed by atoms with Crippen LogP contribution in [-0.4, -0.2) is 43.1 Å². The van der Waals surface area contributed by atoms with Gasteiger partial charge in [0, 0.05) is 37.6 Å². The van der Waals surface area contributed by atoms with Gasteiger partial charge in [0.25, 0.3) is 0 Å². The number of piperazine rings is 1. The van der Waals surface area contributed by atoms with Crippen LogP contribution in [0.5, 0.6) is 0 Å². The third kappa shape index (κ3) is 2.30. The van der Waals surface area contributed by atoms with E-state index in [9.17, 15) is 0 Å². The van der Waals surface area contributed by atoms with Crippen LogP contribution in [0.2, 0.25) is 0 Å². The van der Waals surface area contributed by atoms with E-state index in [2.05, 4.69) is 21.8 Å². The van der Waals surface area contributed by atoms with Gasteiger partial charge in [0.1, 0.15) is 0 Å². The van der Waals surface area contributed by atoms with E-state index in [1.54, 1.807) is 11.3 Å². The minimum Gasteiger partial charge on any atom is -0.346 e. The van der Waals surface area contributed by atoms with Crippen LogP contribution in [0, 0.1) is 6.92 Å². The molecule has 2 rings (SSSR count). The van der Waals surface area contributed by atoms with Gasteiger partial charge in [-0.1, -0.05) is 0 Å². The molecule has 0 saturated carbocycles. The van der Waals surface area contributed by atoms with E-state index in [0.717, 1.165) is 37.0 Å². The monoisotopic (exact) mass is 226 g/mol. The predicted octanol–water partition coefficient (Wildman–Crippen LogP) is 0.662. The largest absolute Gasteiger partial charge is 0.346 e. The lowest BCUT2D eigenvalue weighted by Gasteiger charge is -2.32. The van der Waals surface area contributed by atoms with Gasteiger partial charge in [-0.05, 0) is 14.0 Å². The second kappa shape index (κ2) is 4.47. The number of anilines is 1. The molecule has 0 unspecified atom stereocenters. The standard InChI is InChI=1S/C10H18N4S/c1-8-9(7-11)15-10(12-8)14-5-3-13(2)4-6-14/h3-7,11H2,1-2H3. The van der Waals surface area contributed by atoms with Gasteiger partial charge < -0.3 is 15.5 Å². The molecule has 0 atom stereocenters. The van der Waals surface area contributed by atoms with E-state index < -0.39 is 0 Å². The van der Waals surface area contributed by atoms with Gasteiger partial charge >= 0.3 is 0 Å². The second-order valence-electron chi connectivity index (χ2n) is 4.00. The number of hydrogen-bond donors (Lipinski definition) is 1. The molecule has 2 N–H and O–H groups in total. The summed E-state index contributed by atoms with van der Waals surface area (Å²) in [5.41, 5.74) is 6.75. The number of thiazole rings is 1. The van der Waals surface area contributed by atoms with Crippen molar-refractivity contribution in [1.82, 2.24) is 9.88 Å². The van der Waals surface area contributed by atoms with Gasteiger partial charge in [-0.2, -0.15) is 0 Å². The number of nitrogens with two attached hydrogens (primary N) is 1. The Bertz CT molecular complexity index is 328. The molecule has 0 bridgehead atoms. The summed E-state index contributed by atoms with van der Waals surface area (Å²) in [6, 6.07) is 0. The topological polar surface area (TPSA) is 45.4 Å². The van der Waals surface area contributed by atoms with Gasteiger partial charge in [-0.25, -0.2) is 4.98 Å². The van der Waals surface area contributed by atoms with E-state index in [-0.39, 0.29) is 0 Å². The number of likely N-dealkylation sites (N-methyl/N-ethyl adjacent to an activating group) is 1. The highest BCUT2D eigenvalue weighted by Gasteiger charge is 2.17. The van der Waals surface area contributed by atoms with Crippen molar-refractivity contribution in [3.8, 4) is 0 Å². The molecule has 1 aliphatic heterocycles. The lowest BCUT2D eigenvalue weighted by atomic mass is 10.3. The molecule has 1 fully saturated rings. The third-order valence-corrected chi connectivity index (χ3v) is 4.08. The molecular formula is C10H18N4S. The maximum Gasteiger partial charge on any atom is 0.185 e. The van der Waals surface area contributed by atoms with Crippen molar-refractivity contribution in [3.05, 3.63) is 10.6 Å². The van der Waals surface area contributed by atoms with Crippen molar-refractivity contribution in [2.45, 2.75) is 13.5 Å². The van der Waals surface area contributed by atoms with Crippen LogP contribution in [0.25, 0.3) is 0 Å². The van der Waals surface area contributed by atoms with Crippen LogP contribution in [0.4, 0.5) is 5.13 Å². The van der Waals surface area contributed by atoms with Gasteiger partial charge in [0.15, 0.2) is 5.13 Å². The molecule has 0 spiro atoms. The van der Waals surface area contributed by atoms with E-state index >= 15 is 0 Å². The fraction of sp³-hybridized carbons (Fsp3) is 0.700. The summed E-state index contributed by atoms with van der Waals surface area (Å²) in [7, 11) is 2.16.